The van der Waals surface area contributed by atoms with Gasteiger partial charge in [0.2, 0.25) is 0 Å². The molecule has 1 aromatic rings. The van der Waals surface area contributed by atoms with Gasteiger partial charge in [0, 0.05) is 0 Å². The first-order valence-electron chi connectivity index (χ1n) is 3.13. The molecule has 0 saturated heterocycles. The fourth-order valence-corrected chi connectivity index (χ4v) is 0.740. The van der Waals surface area contributed by atoms with Crippen molar-refractivity contribution in [2.45, 2.75) is 6.18 Å². The van der Waals surface area contributed by atoms with Crippen LogP contribution in [0.4, 0.5) is 13.2 Å². The van der Waals surface area contributed by atoms with Gasteiger partial charge in [0.25, 0.3) is 0 Å². The fourth-order valence-electron chi connectivity index (χ4n) is 0.740. The minimum atomic E-state index is -4.41. The molecule has 0 spiro atoms. The third-order valence-corrected chi connectivity index (χ3v) is 1.41. The predicted octanol–water partition coefficient (Wildman–Crippen LogP) is 2.59. The number of phenols is 1. The van der Waals surface area contributed by atoms with Gasteiger partial charge in [-0.15, -0.1) is 0 Å². The summed E-state index contributed by atoms with van der Waals surface area (Å²) < 4.78 is 35.9. The van der Waals surface area contributed by atoms with Crippen LogP contribution in [0, 0.1) is 6.92 Å². The van der Waals surface area contributed by atoms with Crippen molar-refractivity contribution < 1.29 is 18.3 Å². The highest BCUT2D eigenvalue weighted by Gasteiger charge is 2.30. The molecule has 1 aromatic carbocycles. The molecule has 0 aromatic heterocycles. The van der Waals surface area contributed by atoms with Crippen molar-refractivity contribution in [3.05, 3.63) is 36.2 Å². The standard InChI is InChI=1S/C8H6F3O/c1-5-2-3-6(4-7(5)12)8(9,10)11/h2-4,12H,1H2. The average Bonchev–Trinajstić information content (AvgIpc) is 1.92. The molecule has 0 heterocycles. The first kappa shape index (κ1) is 8.90. The van der Waals surface area contributed by atoms with Crippen molar-refractivity contribution in [1.82, 2.24) is 0 Å². The SMILES string of the molecule is [CH2]c1ccc(C(F)(F)F)cc1O. The highest BCUT2D eigenvalue weighted by molar-refractivity contribution is 5.38. The fraction of sp³-hybridized carbons (Fsp3) is 0.125. The van der Waals surface area contributed by atoms with Gasteiger partial charge in [-0.1, -0.05) is 6.07 Å². The van der Waals surface area contributed by atoms with E-state index in [0.29, 0.717) is 6.07 Å². The first-order chi connectivity index (χ1) is 5.41. The molecule has 12 heavy (non-hydrogen) atoms. The highest BCUT2D eigenvalue weighted by atomic mass is 19.4. The third kappa shape index (κ3) is 1.69. The van der Waals surface area contributed by atoms with E-state index >= 15 is 0 Å². The molecule has 65 valence electrons. The molecule has 1 nitrogen and oxygen atoms in total. The normalized spacial score (nSPS) is 11.7. The molecule has 0 saturated carbocycles. The molecule has 1 rings (SSSR count). The zero-order valence-electron chi connectivity index (χ0n) is 6.02. The molecule has 0 atom stereocenters. The summed E-state index contributed by atoms with van der Waals surface area (Å²) in [6, 6.07) is 2.66. The van der Waals surface area contributed by atoms with Crippen LogP contribution in [0.1, 0.15) is 11.1 Å². The van der Waals surface area contributed by atoms with Crippen LogP contribution in [0.5, 0.6) is 5.75 Å². The lowest BCUT2D eigenvalue weighted by atomic mass is 10.1. The Morgan fingerprint density at radius 3 is 2.25 bits per heavy atom. The zero-order valence-corrected chi connectivity index (χ0v) is 6.02. The molecule has 0 aliphatic rings. The second-order valence-corrected chi connectivity index (χ2v) is 2.34. The lowest BCUT2D eigenvalue weighted by molar-refractivity contribution is -0.137. The van der Waals surface area contributed by atoms with E-state index in [-0.39, 0.29) is 5.56 Å². The van der Waals surface area contributed by atoms with Crippen LogP contribution >= 0.6 is 0 Å². The number of hydrogen-bond acceptors (Lipinski definition) is 1. The first-order valence-corrected chi connectivity index (χ1v) is 3.13. The van der Waals surface area contributed by atoms with Gasteiger partial charge in [-0.2, -0.15) is 13.2 Å². The van der Waals surface area contributed by atoms with Crippen LogP contribution in [0.3, 0.4) is 0 Å². The van der Waals surface area contributed by atoms with E-state index in [1.807, 2.05) is 0 Å². The Morgan fingerprint density at radius 2 is 1.83 bits per heavy atom. The Balaban J connectivity index is 3.14. The van der Waals surface area contributed by atoms with Crippen LogP contribution in [0.15, 0.2) is 18.2 Å². The highest BCUT2D eigenvalue weighted by Crippen LogP contribution is 2.32. The number of rotatable bonds is 0. The lowest BCUT2D eigenvalue weighted by Crippen LogP contribution is -2.04. The number of benzene rings is 1. The Labute approximate surface area is 67.5 Å². The molecule has 0 aliphatic heterocycles. The van der Waals surface area contributed by atoms with Crippen molar-refractivity contribution in [2.75, 3.05) is 0 Å². The molecule has 0 unspecified atom stereocenters. The maximum atomic E-state index is 12.0. The molecule has 1 N–H and O–H groups in total. The summed E-state index contributed by atoms with van der Waals surface area (Å²) in [5.41, 5.74) is -0.685. The van der Waals surface area contributed by atoms with Crippen LogP contribution < -0.4 is 0 Å². The lowest BCUT2D eigenvalue weighted by Gasteiger charge is -2.07. The predicted molar refractivity (Wildman–Crippen MR) is 37.6 cm³/mol. The van der Waals surface area contributed by atoms with Gasteiger partial charge in [-0.25, -0.2) is 0 Å². The minimum absolute atomic E-state index is 0.183. The molecule has 0 bridgehead atoms. The largest absolute Gasteiger partial charge is 0.508 e. The quantitative estimate of drug-likeness (QED) is 0.642. The molecule has 0 aliphatic carbocycles. The molecule has 4 heteroatoms. The van der Waals surface area contributed by atoms with Gasteiger partial charge >= 0.3 is 6.18 Å². The van der Waals surface area contributed by atoms with Crippen molar-refractivity contribution in [3.8, 4) is 5.75 Å². The molecular formula is C8H6F3O. The van der Waals surface area contributed by atoms with E-state index in [0.717, 1.165) is 12.1 Å². The molecule has 0 amide bonds. The van der Waals surface area contributed by atoms with Crippen molar-refractivity contribution in [1.29, 1.82) is 0 Å². The Kier molecular flexibility index (Phi) is 2.00. The van der Waals surface area contributed by atoms with Crippen molar-refractivity contribution in [2.24, 2.45) is 0 Å². The van der Waals surface area contributed by atoms with Crippen LogP contribution in [-0.4, -0.2) is 5.11 Å². The summed E-state index contributed by atoms with van der Waals surface area (Å²) in [6.07, 6.45) is -4.41. The van der Waals surface area contributed by atoms with Crippen LogP contribution in [0.2, 0.25) is 0 Å². The Bertz CT molecular complexity index is 291. The van der Waals surface area contributed by atoms with E-state index in [2.05, 4.69) is 6.92 Å². The second-order valence-electron chi connectivity index (χ2n) is 2.34. The van der Waals surface area contributed by atoms with Gasteiger partial charge < -0.3 is 5.11 Å². The van der Waals surface area contributed by atoms with Gasteiger partial charge in [0.1, 0.15) is 5.75 Å². The number of phenolic OH excluding ortho intramolecular Hbond substituents is 1. The molecular weight excluding hydrogens is 169 g/mol. The van der Waals surface area contributed by atoms with E-state index in [1.165, 1.54) is 0 Å². The van der Waals surface area contributed by atoms with Gasteiger partial charge in [0.15, 0.2) is 0 Å². The Morgan fingerprint density at radius 1 is 1.25 bits per heavy atom. The average molecular weight is 175 g/mol. The third-order valence-electron chi connectivity index (χ3n) is 1.41. The summed E-state index contributed by atoms with van der Waals surface area (Å²) >= 11 is 0. The summed E-state index contributed by atoms with van der Waals surface area (Å²) in [6.45, 7) is 3.33. The van der Waals surface area contributed by atoms with Crippen molar-refractivity contribution >= 4 is 0 Å². The van der Waals surface area contributed by atoms with E-state index in [4.69, 9.17) is 5.11 Å². The van der Waals surface area contributed by atoms with Gasteiger partial charge in [-0.05, 0) is 24.6 Å². The van der Waals surface area contributed by atoms with Gasteiger partial charge in [0.05, 0.1) is 5.56 Å². The summed E-state index contributed by atoms with van der Waals surface area (Å²) in [5, 5.41) is 8.90. The van der Waals surface area contributed by atoms with E-state index in [1.54, 1.807) is 0 Å². The van der Waals surface area contributed by atoms with Crippen LogP contribution in [-0.2, 0) is 6.18 Å². The molecule has 1 radical (unpaired) electrons. The molecule has 0 fully saturated rings. The monoisotopic (exact) mass is 175 g/mol. The topological polar surface area (TPSA) is 20.2 Å². The summed E-state index contributed by atoms with van der Waals surface area (Å²) in [5.74, 6) is -0.440. The minimum Gasteiger partial charge on any atom is -0.508 e. The number of halogens is 3. The van der Waals surface area contributed by atoms with Crippen molar-refractivity contribution in [3.63, 3.8) is 0 Å². The summed E-state index contributed by atoms with van der Waals surface area (Å²) in [4.78, 5) is 0. The van der Waals surface area contributed by atoms with Gasteiger partial charge in [-0.3, -0.25) is 0 Å². The zero-order chi connectivity index (χ0) is 9.35. The summed E-state index contributed by atoms with van der Waals surface area (Å²) in [7, 11) is 0. The number of alkyl halides is 3. The number of hydrogen-bond donors (Lipinski definition) is 1. The second kappa shape index (κ2) is 2.69. The smallest absolute Gasteiger partial charge is 0.416 e. The number of aromatic hydroxyl groups is 1. The van der Waals surface area contributed by atoms with Crippen LogP contribution in [0.25, 0.3) is 0 Å². The van der Waals surface area contributed by atoms with E-state index in [9.17, 15) is 13.2 Å². The van der Waals surface area contributed by atoms with E-state index < -0.39 is 17.5 Å². The Hall–Kier alpha value is -1.19. The maximum absolute atomic E-state index is 12.0. The maximum Gasteiger partial charge on any atom is 0.416 e.